The van der Waals surface area contributed by atoms with Crippen LogP contribution in [-0.2, 0) is 0 Å². The summed E-state index contributed by atoms with van der Waals surface area (Å²) in [4.78, 5) is 6.10. The first kappa shape index (κ1) is 12.3. The lowest BCUT2D eigenvalue weighted by Gasteiger charge is -2.23. The van der Waals surface area contributed by atoms with Gasteiger partial charge in [0.25, 0.3) is 0 Å². The van der Waals surface area contributed by atoms with Crippen LogP contribution in [0.2, 0.25) is 0 Å². The molecular weight excluding hydrogens is 231 g/mol. The van der Waals surface area contributed by atoms with Gasteiger partial charge in [0.2, 0.25) is 0 Å². The molecule has 0 saturated carbocycles. The molecule has 1 aromatic carbocycles. The van der Waals surface area contributed by atoms with Gasteiger partial charge >= 0.3 is 0 Å². The van der Waals surface area contributed by atoms with Gasteiger partial charge < -0.3 is 10.3 Å². The third kappa shape index (κ3) is 2.57. The van der Waals surface area contributed by atoms with Crippen molar-refractivity contribution >= 4 is 17.2 Å². The highest BCUT2D eigenvalue weighted by Crippen LogP contribution is 2.26. The molecular formula is C13H15FN4. The zero-order valence-electron chi connectivity index (χ0n) is 10.1. The van der Waals surface area contributed by atoms with E-state index in [1.165, 1.54) is 12.1 Å². The molecule has 18 heavy (non-hydrogen) atoms. The van der Waals surface area contributed by atoms with Crippen LogP contribution in [0.5, 0.6) is 0 Å². The summed E-state index contributed by atoms with van der Waals surface area (Å²) < 4.78 is 12.9. The van der Waals surface area contributed by atoms with Crippen molar-refractivity contribution < 1.29 is 4.39 Å². The molecule has 1 heterocycles. The summed E-state index contributed by atoms with van der Waals surface area (Å²) in [6, 6.07) is 10.1. The number of rotatable bonds is 4. The second-order valence-corrected chi connectivity index (χ2v) is 3.76. The minimum atomic E-state index is -0.242. The largest absolute Gasteiger partial charge is 0.342 e. The fourth-order valence-corrected chi connectivity index (χ4v) is 1.80. The van der Waals surface area contributed by atoms with Gasteiger partial charge in [0.05, 0.1) is 0 Å². The number of aromatic nitrogens is 1. The van der Waals surface area contributed by atoms with Crippen molar-refractivity contribution in [2.24, 2.45) is 5.84 Å². The normalized spacial score (nSPS) is 10.2. The zero-order valence-corrected chi connectivity index (χ0v) is 10.1. The summed E-state index contributed by atoms with van der Waals surface area (Å²) in [5.41, 5.74) is 4.38. The van der Waals surface area contributed by atoms with Gasteiger partial charge in [-0.1, -0.05) is 0 Å². The number of nitrogen functional groups attached to an aromatic ring is 1. The number of nitrogens with two attached hydrogens (primary N) is 1. The third-order valence-corrected chi connectivity index (χ3v) is 2.66. The highest BCUT2D eigenvalue weighted by molar-refractivity contribution is 5.65. The first-order valence-corrected chi connectivity index (χ1v) is 5.70. The standard InChI is InChI=1S/C13H15FN4/c1-2-18(11-5-3-10(14)4-6-11)12-7-8-16-13(9-12)17-15/h3-9H,2,15H2,1H3,(H,16,17). The Morgan fingerprint density at radius 1 is 1.22 bits per heavy atom. The molecule has 0 aliphatic carbocycles. The maximum Gasteiger partial charge on any atom is 0.141 e. The number of halogens is 1. The monoisotopic (exact) mass is 246 g/mol. The molecule has 3 N–H and O–H groups in total. The number of nitrogens with one attached hydrogen (secondary N) is 1. The average Bonchev–Trinajstić information content (AvgIpc) is 2.42. The maximum atomic E-state index is 12.9. The third-order valence-electron chi connectivity index (χ3n) is 2.66. The Morgan fingerprint density at radius 2 is 1.94 bits per heavy atom. The average molecular weight is 246 g/mol. The number of anilines is 3. The molecule has 0 aliphatic rings. The fraction of sp³-hybridized carbons (Fsp3) is 0.154. The second-order valence-electron chi connectivity index (χ2n) is 3.76. The predicted molar refractivity (Wildman–Crippen MR) is 71.1 cm³/mol. The SMILES string of the molecule is CCN(c1ccc(F)cc1)c1ccnc(NN)c1. The van der Waals surface area contributed by atoms with Crippen LogP contribution in [-0.4, -0.2) is 11.5 Å². The highest BCUT2D eigenvalue weighted by Gasteiger charge is 2.08. The number of hydrogen-bond donors (Lipinski definition) is 2. The van der Waals surface area contributed by atoms with Gasteiger partial charge in [-0.3, -0.25) is 0 Å². The van der Waals surface area contributed by atoms with Crippen molar-refractivity contribution in [3.63, 3.8) is 0 Å². The first-order chi connectivity index (χ1) is 8.74. The number of nitrogens with zero attached hydrogens (tertiary/aromatic N) is 2. The Bertz CT molecular complexity index is 513. The molecule has 0 saturated heterocycles. The Kier molecular flexibility index (Phi) is 3.74. The second kappa shape index (κ2) is 5.46. The van der Waals surface area contributed by atoms with E-state index in [1.807, 2.05) is 24.0 Å². The van der Waals surface area contributed by atoms with Crippen molar-refractivity contribution in [3.8, 4) is 0 Å². The minimum absolute atomic E-state index is 0.242. The van der Waals surface area contributed by atoms with Gasteiger partial charge in [-0.05, 0) is 37.3 Å². The van der Waals surface area contributed by atoms with Crippen LogP contribution in [0.25, 0.3) is 0 Å². The van der Waals surface area contributed by atoms with E-state index in [4.69, 9.17) is 5.84 Å². The van der Waals surface area contributed by atoms with Crippen LogP contribution < -0.4 is 16.2 Å². The fourth-order valence-electron chi connectivity index (χ4n) is 1.80. The molecule has 2 rings (SSSR count). The van der Waals surface area contributed by atoms with Crippen LogP contribution in [0.4, 0.5) is 21.6 Å². The predicted octanol–water partition coefficient (Wildman–Crippen LogP) is 2.66. The highest BCUT2D eigenvalue weighted by atomic mass is 19.1. The molecule has 0 amide bonds. The topological polar surface area (TPSA) is 54.2 Å². The Labute approximate surface area is 105 Å². The quantitative estimate of drug-likeness (QED) is 0.643. The van der Waals surface area contributed by atoms with Gasteiger partial charge in [0.15, 0.2) is 0 Å². The maximum absolute atomic E-state index is 12.9. The molecule has 2 aromatic rings. The molecule has 1 aromatic heterocycles. The number of hydrazine groups is 1. The van der Waals surface area contributed by atoms with Crippen molar-refractivity contribution in [3.05, 3.63) is 48.4 Å². The van der Waals surface area contributed by atoms with Crippen LogP contribution in [0, 0.1) is 5.82 Å². The van der Waals surface area contributed by atoms with Gasteiger partial charge in [0, 0.05) is 30.2 Å². The van der Waals surface area contributed by atoms with E-state index in [0.717, 1.165) is 17.9 Å². The Balaban J connectivity index is 2.35. The van der Waals surface area contributed by atoms with Crippen LogP contribution in [0.15, 0.2) is 42.6 Å². The molecule has 5 heteroatoms. The lowest BCUT2D eigenvalue weighted by molar-refractivity contribution is 0.628. The van der Waals surface area contributed by atoms with Crippen molar-refractivity contribution in [2.45, 2.75) is 6.92 Å². The van der Waals surface area contributed by atoms with Crippen molar-refractivity contribution in [2.75, 3.05) is 16.9 Å². The van der Waals surface area contributed by atoms with Gasteiger partial charge in [0.1, 0.15) is 11.6 Å². The molecule has 0 bridgehead atoms. The molecule has 0 atom stereocenters. The van der Waals surface area contributed by atoms with E-state index in [9.17, 15) is 4.39 Å². The van der Waals surface area contributed by atoms with Crippen LogP contribution in [0.1, 0.15) is 6.92 Å². The number of hydrogen-bond acceptors (Lipinski definition) is 4. The summed E-state index contributed by atoms with van der Waals surface area (Å²) in [6.45, 7) is 2.79. The Morgan fingerprint density at radius 3 is 2.56 bits per heavy atom. The lowest BCUT2D eigenvalue weighted by Crippen LogP contribution is -2.17. The molecule has 0 aliphatic heterocycles. The van der Waals surface area contributed by atoms with E-state index < -0.39 is 0 Å². The molecule has 0 unspecified atom stereocenters. The summed E-state index contributed by atoms with van der Waals surface area (Å²) in [5.74, 6) is 5.69. The summed E-state index contributed by atoms with van der Waals surface area (Å²) in [5, 5.41) is 0. The van der Waals surface area contributed by atoms with Gasteiger partial charge in [-0.25, -0.2) is 15.2 Å². The van der Waals surface area contributed by atoms with Crippen LogP contribution >= 0.6 is 0 Å². The van der Waals surface area contributed by atoms with Gasteiger partial charge in [-0.2, -0.15) is 0 Å². The number of benzene rings is 1. The smallest absolute Gasteiger partial charge is 0.141 e. The molecule has 0 spiro atoms. The lowest BCUT2D eigenvalue weighted by atomic mass is 10.2. The summed E-state index contributed by atoms with van der Waals surface area (Å²) in [7, 11) is 0. The van der Waals surface area contributed by atoms with Crippen LogP contribution in [0.3, 0.4) is 0 Å². The first-order valence-electron chi connectivity index (χ1n) is 5.70. The summed E-state index contributed by atoms with van der Waals surface area (Å²) in [6.07, 6.45) is 1.68. The molecule has 0 radical (unpaired) electrons. The summed E-state index contributed by atoms with van der Waals surface area (Å²) >= 11 is 0. The number of pyridine rings is 1. The zero-order chi connectivity index (χ0) is 13.0. The van der Waals surface area contributed by atoms with E-state index in [2.05, 4.69) is 10.4 Å². The minimum Gasteiger partial charge on any atom is -0.342 e. The Hall–Kier alpha value is -2.14. The van der Waals surface area contributed by atoms with Crippen molar-refractivity contribution in [1.82, 2.24) is 4.98 Å². The van der Waals surface area contributed by atoms with E-state index in [-0.39, 0.29) is 5.82 Å². The molecule has 94 valence electrons. The van der Waals surface area contributed by atoms with E-state index in [0.29, 0.717) is 5.82 Å². The van der Waals surface area contributed by atoms with E-state index in [1.54, 1.807) is 18.3 Å². The molecule has 4 nitrogen and oxygen atoms in total. The van der Waals surface area contributed by atoms with Gasteiger partial charge in [-0.15, -0.1) is 0 Å². The van der Waals surface area contributed by atoms with Crippen molar-refractivity contribution in [1.29, 1.82) is 0 Å². The van der Waals surface area contributed by atoms with E-state index >= 15 is 0 Å². The molecule has 0 fully saturated rings.